The van der Waals surface area contributed by atoms with Gasteiger partial charge in [0.25, 0.3) is 5.91 Å². The number of thioether (sulfide) groups is 1. The molecule has 6 heteroatoms. The van der Waals surface area contributed by atoms with Crippen LogP contribution in [0, 0.1) is 0 Å². The van der Waals surface area contributed by atoms with Gasteiger partial charge in [0.15, 0.2) is 16.7 Å². The lowest BCUT2D eigenvalue weighted by atomic mass is 10.1. The maximum absolute atomic E-state index is 12.3. The summed E-state index contributed by atoms with van der Waals surface area (Å²) in [7, 11) is 3.17. The molecule has 4 rings (SSSR count). The average molecular weight is 390 g/mol. The molecule has 1 fully saturated rings. The van der Waals surface area contributed by atoms with E-state index < -0.39 is 0 Å². The minimum absolute atomic E-state index is 0.167. The van der Waals surface area contributed by atoms with Gasteiger partial charge in [0.05, 0.1) is 24.8 Å². The molecule has 0 aliphatic carbocycles. The van der Waals surface area contributed by atoms with E-state index in [-0.39, 0.29) is 5.91 Å². The summed E-state index contributed by atoms with van der Waals surface area (Å²) in [6.07, 6.45) is 1.81. The Labute approximate surface area is 167 Å². The number of nitrogens with zero attached hydrogens (tertiary/aromatic N) is 1. The molecule has 0 bridgehead atoms. The van der Waals surface area contributed by atoms with Crippen LogP contribution in [0.25, 0.3) is 16.8 Å². The Morgan fingerprint density at radius 3 is 2.50 bits per heavy atom. The van der Waals surface area contributed by atoms with Crippen LogP contribution in [0.1, 0.15) is 5.56 Å². The van der Waals surface area contributed by atoms with Crippen LogP contribution < -0.4 is 14.8 Å². The fourth-order valence-electron chi connectivity index (χ4n) is 2.94. The summed E-state index contributed by atoms with van der Waals surface area (Å²) >= 11 is 1.32. The van der Waals surface area contributed by atoms with Crippen LogP contribution in [-0.4, -0.2) is 25.3 Å². The van der Waals surface area contributed by atoms with E-state index >= 15 is 0 Å². The molecule has 3 aromatic carbocycles. The number of nitrogens with one attached hydrogen (secondary N) is 1. The Morgan fingerprint density at radius 1 is 0.929 bits per heavy atom. The number of fused-ring (bicyclic) bond motifs is 1. The number of amides is 1. The van der Waals surface area contributed by atoms with Gasteiger partial charge in [-0.1, -0.05) is 36.4 Å². The lowest BCUT2D eigenvalue weighted by molar-refractivity contribution is -0.115. The molecule has 1 amide bonds. The molecular weight excluding hydrogens is 372 g/mol. The highest BCUT2D eigenvalue weighted by Gasteiger charge is 2.24. The van der Waals surface area contributed by atoms with Gasteiger partial charge in [0, 0.05) is 0 Å². The van der Waals surface area contributed by atoms with Gasteiger partial charge in [-0.25, -0.2) is 4.99 Å². The van der Waals surface area contributed by atoms with Gasteiger partial charge in [-0.2, -0.15) is 0 Å². The number of hydrogen-bond donors (Lipinski definition) is 1. The van der Waals surface area contributed by atoms with Crippen LogP contribution in [0.5, 0.6) is 11.5 Å². The van der Waals surface area contributed by atoms with E-state index in [0.717, 1.165) is 22.0 Å². The molecule has 1 aliphatic heterocycles. The van der Waals surface area contributed by atoms with Crippen molar-refractivity contribution in [1.82, 2.24) is 5.32 Å². The van der Waals surface area contributed by atoms with E-state index in [1.807, 2.05) is 60.7 Å². The largest absolute Gasteiger partial charge is 0.493 e. The zero-order valence-corrected chi connectivity index (χ0v) is 16.2. The molecule has 1 saturated heterocycles. The highest BCUT2D eigenvalue weighted by atomic mass is 32.2. The van der Waals surface area contributed by atoms with Crippen LogP contribution >= 0.6 is 11.8 Å². The van der Waals surface area contributed by atoms with E-state index in [2.05, 4.69) is 16.4 Å². The predicted molar refractivity (Wildman–Crippen MR) is 114 cm³/mol. The van der Waals surface area contributed by atoms with Gasteiger partial charge < -0.3 is 14.8 Å². The third-order valence-corrected chi connectivity index (χ3v) is 5.23. The van der Waals surface area contributed by atoms with Gasteiger partial charge in [-0.3, -0.25) is 4.79 Å². The summed E-state index contributed by atoms with van der Waals surface area (Å²) in [4.78, 5) is 17.5. The lowest BCUT2D eigenvalue weighted by Gasteiger charge is -2.07. The van der Waals surface area contributed by atoms with E-state index in [1.54, 1.807) is 14.2 Å². The van der Waals surface area contributed by atoms with Crippen molar-refractivity contribution >= 4 is 45.4 Å². The van der Waals surface area contributed by atoms with Crippen LogP contribution in [0.4, 0.5) is 5.69 Å². The molecule has 140 valence electrons. The number of aliphatic imine (C=N–C) groups is 1. The molecule has 28 heavy (non-hydrogen) atoms. The summed E-state index contributed by atoms with van der Waals surface area (Å²) in [6, 6.07) is 19.6. The first-order chi connectivity index (χ1) is 13.7. The first-order valence-electron chi connectivity index (χ1n) is 8.67. The molecule has 1 heterocycles. The highest BCUT2D eigenvalue weighted by Crippen LogP contribution is 2.32. The van der Waals surface area contributed by atoms with Crippen molar-refractivity contribution < 1.29 is 14.3 Å². The molecule has 1 aliphatic rings. The van der Waals surface area contributed by atoms with Crippen molar-refractivity contribution in [3.8, 4) is 11.5 Å². The van der Waals surface area contributed by atoms with Crippen LogP contribution in [0.15, 0.2) is 70.6 Å². The standard InChI is InChI=1S/C22H18N2O3S/c1-26-18-10-7-14(11-19(18)27-2)12-20-21(25)24-22(28-20)23-17-9-8-15-5-3-4-6-16(15)13-17/h3-13H,1-2H3,(H,23,24,25). The normalized spacial score (nSPS) is 16.6. The molecule has 1 N–H and O–H groups in total. The number of ether oxygens (including phenoxy) is 2. The van der Waals surface area contributed by atoms with Crippen molar-refractivity contribution in [2.24, 2.45) is 4.99 Å². The third-order valence-electron chi connectivity index (χ3n) is 4.32. The highest BCUT2D eigenvalue weighted by molar-refractivity contribution is 8.18. The molecule has 0 atom stereocenters. The number of rotatable bonds is 4. The predicted octanol–water partition coefficient (Wildman–Crippen LogP) is 4.75. The second-order valence-electron chi connectivity index (χ2n) is 6.13. The van der Waals surface area contributed by atoms with Gasteiger partial charge >= 0.3 is 0 Å². The van der Waals surface area contributed by atoms with E-state index in [0.29, 0.717) is 21.6 Å². The quantitative estimate of drug-likeness (QED) is 0.653. The topological polar surface area (TPSA) is 59.9 Å². The third kappa shape index (κ3) is 3.73. The fourth-order valence-corrected chi connectivity index (χ4v) is 3.78. The van der Waals surface area contributed by atoms with Crippen molar-refractivity contribution in [3.63, 3.8) is 0 Å². The molecular formula is C22H18N2O3S. The molecule has 0 spiro atoms. The maximum atomic E-state index is 12.3. The number of carbonyl (C=O) groups excluding carboxylic acids is 1. The summed E-state index contributed by atoms with van der Waals surface area (Å²) in [5.41, 5.74) is 1.65. The number of benzene rings is 3. The molecule has 3 aromatic rings. The number of hydrogen-bond acceptors (Lipinski definition) is 5. The molecule has 0 radical (unpaired) electrons. The van der Waals surface area contributed by atoms with Gasteiger partial charge in [0.1, 0.15) is 0 Å². The maximum Gasteiger partial charge on any atom is 0.264 e. The van der Waals surface area contributed by atoms with Crippen molar-refractivity contribution in [1.29, 1.82) is 0 Å². The second-order valence-corrected chi connectivity index (χ2v) is 7.16. The van der Waals surface area contributed by atoms with Crippen LogP contribution in [-0.2, 0) is 4.79 Å². The molecule has 0 saturated carbocycles. The van der Waals surface area contributed by atoms with Crippen molar-refractivity contribution in [3.05, 3.63) is 71.1 Å². The van der Waals surface area contributed by atoms with Crippen LogP contribution in [0.3, 0.4) is 0 Å². The summed E-state index contributed by atoms with van der Waals surface area (Å²) in [5, 5.41) is 5.65. The van der Waals surface area contributed by atoms with Gasteiger partial charge in [0.2, 0.25) is 0 Å². The van der Waals surface area contributed by atoms with Crippen molar-refractivity contribution in [2.45, 2.75) is 0 Å². The zero-order chi connectivity index (χ0) is 19.5. The van der Waals surface area contributed by atoms with Gasteiger partial charge in [-0.15, -0.1) is 0 Å². The Hall–Kier alpha value is -3.25. The van der Waals surface area contributed by atoms with E-state index in [1.165, 1.54) is 11.8 Å². The zero-order valence-electron chi connectivity index (χ0n) is 15.4. The minimum atomic E-state index is -0.167. The van der Waals surface area contributed by atoms with E-state index in [4.69, 9.17) is 9.47 Å². The Balaban J connectivity index is 1.59. The molecule has 0 unspecified atom stereocenters. The Kier molecular flexibility index (Phi) is 5.04. The first-order valence-corrected chi connectivity index (χ1v) is 9.48. The Morgan fingerprint density at radius 2 is 1.71 bits per heavy atom. The SMILES string of the molecule is COc1ccc(C=C2SC(=Nc3ccc4ccccc4c3)NC2=O)cc1OC. The lowest BCUT2D eigenvalue weighted by Crippen LogP contribution is -2.19. The molecule has 5 nitrogen and oxygen atoms in total. The number of carbonyl (C=O) groups is 1. The first kappa shape index (κ1) is 18.1. The monoisotopic (exact) mass is 390 g/mol. The smallest absolute Gasteiger partial charge is 0.264 e. The second kappa shape index (κ2) is 7.78. The number of methoxy groups -OCH3 is 2. The Bertz CT molecular complexity index is 1120. The fraction of sp³-hybridized carbons (Fsp3) is 0.0909. The number of amidine groups is 1. The van der Waals surface area contributed by atoms with Crippen molar-refractivity contribution in [2.75, 3.05) is 14.2 Å². The summed E-state index contributed by atoms with van der Waals surface area (Å²) < 4.78 is 10.6. The van der Waals surface area contributed by atoms with Gasteiger partial charge in [-0.05, 0) is 58.4 Å². The van der Waals surface area contributed by atoms with E-state index in [9.17, 15) is 4.79 Å². The average Bonchev–Trinajstić information content (AvgIpc) is 3.06. The van der Waals surface area contributed by atoms with Crippen LogP contribution in [0.2, 0.25) is 0 Å². The summed E-state index contributed by atoms with van der Waals surface area (Å²) in [5.74, 6) is 1.09. The summed E-state index contributed by atoms with van der Waals surface area (Å²) in [6.45, 7) is 0. The molecule has 0 aromatic heterocycles. The minimum Gasteiger partial charge on any atom is -0.493 e.